The number of phenolic OH excluding ortho intramolecular Hbond substituents is 1. The van der Waals surface area contributed by atoms with Gasteiger partial charge in [0.2, 0.25) is 0 Å². The summed E-state index contributed by atoms with van der Waals surface area (Å²) in [6.07, 6.45) is 0. The zero-order chi connectivity index (χ0) is 12.3. The van der Waals surface area contributed by atoms with Gasteiger partial charge in [0.1, 0.15) is 23.9 Å². The molecule has 88 valence electrons. The predicted octanol–water partition coefficient (Wildman–Crippen LogP) is 2.69. The summed E-state index contributed by atoms with van der Waals surface area (Å²) in [5.74, 6) is 0.0664. The van der Waals surface area contributed by atoms with Crippen molar-refractivity contribution in [3.63, 3.8) is 0 Å². The minimum atomic E-state index is -0.398. The Bertz CT molecular complexity index is 529. The van der Waals surface area contributed by atoms with Gasteiger partial charge in [-0.15, -0.1) is 0 Å². The topological polar surface area (TPSA) is 55.5 Å². The SMILES string of the molecule is Nc1ccc(F)cc1OCc1cccc(O)c1. The molecule has 0 aromatic heterocycles. The van der Waals surface area contributed by atoms with E-state index >= 15 is 0 Å². The van der Waals surface area contributed by atoms with Crippen molar-refractivity contribution in [3.8, 4) is 11.5 Å². The van der Waals surface area contributed by atoms with Gasteiger partial charge in [-0.1, -0.05) is 12.1 Å². The monoisotopic (exact) mass is 233 g/mol. The van der Waals surface area contributed by atoms with Crippen molar-refractivity contribution in [3.05, 3.63) is 53.8 Å². The first kappa shape index (κ1) is 11.3. The van der Waals surface area contributed by atoms with E-state index in [0.29, 0.717) is 11.4 Å². The van der Waals surface area contributed by atoms with E-state index in [2.05, 4.69) is 0 Å². The van der Waals surface area contributed by atoms with Crippen LogP contribution in [0.3, 0.4) is 0 Å². The fraction of sp³-hybridized carbons (Fsp3) is 0.0769. The lowest BCUT2D eigenvalue weighted by atomic mass is 10.2. The van der Waals surface area contributed by atoms with Gasteiger partial charge in [-0.2, -0.15) is 0 Å². The van der Waals surface area contributed by atoms with Gasteiger partial charge in [0.25, 0.3) is 0 Å². The highest BCUT2D eigenvalue weighted by atomic mass is 19.1. The third kappa shape index (κ3) is 2.87. The van der Waals surface area contributed by atoms with Crippen molar-refractivity contribution in [2.45, 2.75) is 6.61 Å². The maximum absolute atomic E-state index is 13.0. The van der Waals surface area contributed by atoms with E-state index in [9.17, 15) is 9.50 Å². The van der Waals surface area contributed by atoms with Crippen molar-refractivity contribution in [2.24, 2.45) is 0 Å². The van der Waals surface area contributed by atoms with Gasteiger partial charge in [-0.25, -0.2) is 4.39 Å². The molecule has 0 saturated carbocycles. The number of aromatic hydroxyl groups is 1. The molecule has 0 atom stereocenters. The van der Waals surface area contributed by atoms with Crippen LogP contribution in [0, 0.1) is 5.82 Å². The second-order valence-electron chi connectivity index (χ2n) is 3.64. The van der Waals surface area contributed by atoms with Crippen LogP contribution in [-0.4, -0.2) is 5.11 Å². The summed E-state index contributed by atoms with van der Waals surface area (Å²) in [5, 5.41) is 9.27. The number of anilines is 1. The van der Waals surface area contributed by atoms with Gasteiger partial charge >= 0.3 is 0 Å². The third-order valence-electron chi connectivity index (χ3n) is 2.28. The van der Waals surface area contributed by atoms with Crippen molar-refractivity contribution < 1.29 is 14.2 Å². The Balaban J connectivity index is 2.09. The molecule has 3 N–H and O–H groups in total. The lowest BCUT2D eigenvalue weighted by Crippen LogP contribution is -1.99. The van der Waals surface area contributed by atoms with Crippen LogP contribution >= 0.6 is 0 Å². The Morgan fingerprint density at radius 1 is 1.18 bits per heavy atom. The number of benzene rings is 2. The van der Waals surface area contributed by atoms with Gasteiger partial charge in [0.05, 0.1) is 5.69 Å². The number of rotatable bonds is 3. The van der Waals surface area contributed by atoms with Crippen LogP contribution < -0.4 is 10.5 Å². The van der Waals surface area contributed by atoms with Crippen molar-refractivity contribution in [1.29, 1.82) is 0 Å². The van der Waals surface area contributed by atoms with Gasteiger partial charge in [0.15, 0.2) is 0 Å². The minimum absolute atomic E-state index is 0.165. The molecule has 17 heavy (non-hydrogen) atoms. The lowest BCUT2D eigenvalue weighted by Gasteiger charge is -2.09. The Morgan fingerprint density at radius 2 is 2.00 bits per heavy atom. The maximum Gasteiger partial charge on any atom is 0.145 e. The van der Waals surface area contributed by atoms with Crippen LogP contribution in [0.4, 0.5) is 10.1 Å². The van der Waals surface area contributed by atoms with E-state index in [1.165, 1.54) is 18.2 Å². The number of hydrogen-bond acceptors (Lipinski definition) is 3. The van der Waals surface area contributed by atoms with Gasteiger partial charge in [-0.05, 0) is 29.8 Å². The number of halogens is 1. The minimum Gasteiger partial charge on any atom is -0.508 e. The molecular weight excluding hydrogens is 221 g/mol. The van der Waals surface area contributed by atoms with Gasteiger partial charge in [0, 0.05) is 6.07 Å². The Morgan fingerprint density at radius 3 is 2.76 bits per heavy atom. The lowest BCUT2D eigenvalue weighted by molar-refractivity contribution is 0.305. The Hall–Kier alpha value is -2.23. The molecule has 2 rings (SSSR count). The van der Waals surface area contributed by atoms with E-state index in [4.69, 9.17) is 10.5 Å². The highest BCUT2D eigenvalue weighted by Crippen LogP contribution is 2.23. The number of hydrogen-bond donors (Lipinski definition) is 2. The smallest absolute Gasteiger partial charge is 0.145 e. The molecule has 0 saturated heterocycles. The third-order valence-corrected chi connectivity index (χ3v) is 2.28. The Labute approximate surface area is 98.3 Å². The normalized spacial score (nSPS) is 10.2. The van der Waals surface area contributed by atoms with Crippen molar-refractivity contribution >= 4 is 5.69 Å². The van der Waals surface area contributed by atoms with Crippen LogP contribution in [0.2, 0.25) is 0 Å². The molecule has 0 radical (unpaired) electrons. The van der Waals surface area contributed by atoms with Crippen LogP contribution in [0.5, 0.6) is 11.5 Å². The van der Waals surface area contributed by atoms with E-state index in [1.54, 1.807) is 24.3 Å². The zero-order valence-electron chi connectivity index (χ0n) is 9.06. The van der Waals surface area contributed by atoms with Crippen molar-refractivity contribution in [2.75, 3.05) is 5.73 Å². The van der Waals surface area contributed by atoms with Crippen molar-refractivity contribution in [1.82, 2.24) is 0 Å². The molecule has 0 amide bonds. The molecule has 3 nitrogen and oxygen atoms in total. The Kier molecular flexibility index (Phi) is 3.14. The summed E-state index contributed by atoms with van der Waals surface area (Å²) in [7, 11) is 0. The van der Waals surface area contributed by atoms with E-state index in [1.807, 2.05) is 0 Å². The van der Waals surface area contributed by atoms with E-state index in [0.717, 1.165) is 5.56 Å². The fourth-order valence-corrected chi connectivity index (χ4v) is 1.44. The molecule has 0 bridgehead atoms. The molecule has 2 aromatic rings. The van der Waals surface area contributed by atoms with E-state index in [-0.39, 0.29) is 12.4 Å². The molecular formula is C13H12FNO2. The second-order valence-corrected chi connectivity index (χ2v) is 3.64. The first-order chi connectivity index (χ1) is 8.15. The standard InChI is InChI=1S/C13H12FNO2/c14-10-4-5-12(15)13(7-10)17-8-9-2-1-3-11(16)6-9/h1-7,16H,8,15H2. The average molecular weight is 233 g/mol. The van der Waals surface area contributed by atoms with Crippen LogP contribution in [-0.2, 0) is 6.61 Å². The van der Waals surface area contributed by atoms with Crippen LogP contribution in [0.25, 0.3) is 0 Å². The molecule has 0 spiro atoms. The molecule has 0 unspecified atom stereocenters. The largest absolute Gasteiger partial charge is 0.508 e. The molecule has 0 aliphatic rings. The first-order valence-electron chi connectivity index (χ1n) is 5.11. The summed E-state index contributed by atoms with van der Waals surface area (Å²) in [5.41, 5.74) is 6.81. The first-order valence-corrected chi connectivity index (χ1v) is 5.11. The molecule has 0 aliphatic heterocycles. The number of phenols is 1. The van der Waals surface area contributed by atoms with Crippen LogP contribution in [0.15, 0.2) is 42.5 Å². The molecule has 0 fully saturated rings. The maximum atomic E-state index is 13.0. The average Bonchev–Trinajstić information content (AvgIpc) is 2.30. The highest BCUT2D eigenvalue weighted by molar-refractivity contribution is 5.52. The number of nitrogens with two attached hydrogens (primary N) is 1. The highest BCUT2D eigenvalue weighted by Gasteiger charge is 2.03. The zero-order valence-corrected chi connectivity index (χ0v) is 9.06. The van der Waals surface area contributed by atoms with E-state index < -0.39 is 5.82 Å². The van der Waals surface area contributed by atoms with Crippen LogP contribution in [0.1, 0.15) is 5.56 Å². The number of ether oxygens (including phenoxy) is 1. The summed E-state index contributed by atoms with van der Waals surface area (Å²) in [6, 6.07) is 10.6. The fourth-order valence-electron chi connectivity index (χ4n) is 1.44. The van der Waals surface area contributed by atoms with Gasteiger partial charge < -0.3 is 15.6 Å². The number of nitrogen functional groups attached to an aromatic ring is 1. The predicted molar refractivity (Wildman–Crippen MR) is 63.3 cm³/mol. The summed E-state index contributed by atoms with van der Waals surface area (Å²) < 4.78 is 18.3. The molecule has 0 aliphatic carbocycles. The quantitative estimate of drug-likeness (QED) is 0.801. The summed E-state index contributed by atoms with van der Waals surface area (Å²) in [4.78, 5) is 0. The summed E-state index contributed by atoms with van der Waals surface area (Å²) >= 11 is 0. The second kappa shape index (κ2) is 4.74. The molecule has 0 heterocycles. The molecule has 2 aromatic carbocycles. The summed E-state index contributed by atoms with van der Waals surface area (Å²) in [6.45, 7) is 0.224. The molecule has 4 heteroatoms. The van der Waals surface area contributed by atoms with Gasteiger partial charge in [-0.3, -0.25) is 0 Å².